The second kappa shape index (κ2) is 6.88. The fourth-order valence-corrected chi connectivity index (χ4v) is 1.92. The van der Waals surface area contributed by atoms with Crippen molar-refractivity contribution in [3.63, 3.8) is 0 Å². The van der Waals surface area contributed by atoms with Crippen LogP contribution >= 0.6 is 0 Å². The molecule has 0 aliphatic rings. The van der Waals surface area contributed by atoms with Crippen LogP contribution in [0.4, 0.5) is 5.69 Å². The van der Waals surface area contributed by atoms with Crippen LogP contribution in [-0.4, -0.2) is 38.9 Å². The van der Waals surface area contributed by atoms with E-state index in [1.54, 1.807) is 30.4 Å². The van der Waals surface area contributed by atoms with E-state index in [-0.39, 0.29) is 5.91 Å². The number of anilines is 1. The number of rotatable bonds is 6. The number of aromatic nitrogens is 3. The van der Waals surface area contributed by atoms with Gasteiger partial charge in [0.2, 0.25) is 0 Å². The molecule has 0 aliphatic heterocycles. The van der Waals surface area contributed by atoms with Gasteiger partial charge in [0, 0.05) is 33.0 Å². The summed E-state index contributed by atoms with van der Waals surface area (Å²) in [7, 11) is 3.66. The predicted octanol–water partition coefficient (Wildman–Crippen LogP) is 1.91. The monoisotopic (exact) mass is 287 g/mol. The van der Waals surface area contributed by atoms with Crippen LogP contribution in [0.25, 0.3) is 0 Å². The van der Waals surface area contributed by atoms with Crippen molar-refractivity contribution in [2.75, 3.05) is 18.9 Å². The van der Waals surface area contributed by atoms with Crippen molar-refractivity contribution in [3.8, 4) is 0 Å². The molecule has 0 aromatic carbocycles. The van der Waals surface area contributed by atoms with Gasteiger partial charge in [-0.25, -0.2) is 9.97 Å². The highest BCUT2D eigenvalue weighted by molar-refractivity contribution is 5.92. The number of carbonyl (C=O) groups excluding carboxylic acids is 1. The van der Waals surface area contributed by atoms with Gasteiger partial charge in [-0.3, -0.25) is 4.79 Å². The highest BCUT2D eigenvalue weighted by Crippen LogP contribution is 2.09. The molecule has 1 amide bonds. The molecule has 21 heavy (non-hydrogen) atoms. The standard InChI is InChI=1S/C15H21N5O/c1-4-7-16-12-5-6-13(18-10-12)15(21)20(3)11-14-17-8-9-19(14)2/h5-6,8-10,16H,4,7,11H2,1-3H3. The van der Waals surface area contributed by atoms with E-state index in [9.17, 15) is 4.79 Å². The number of nitrogens with one attached hydrogen (secondary N) is 1. The van der Waals surface area contributed by atoms with E-state index in [1.807, 2.05) is 23.9 Å². The van der Waals surface area contributed by atoms with Gasteiger partial charge in [-0.15, -0.1) is 0 Å². The molecule has 2 aromatic heterocycles. The average Bonchev–Trinajstić information content (AvgIpc) is 2.90. The lowest BCUT2D eigenvalue weighted by atomic mass is 10.3. The molecule has 0 bridgehead atoms. The van der Waals surface area contributed by atoms with E-state index in [1.165, 1.54) is 0 Å². The Bertz CT molecular complexity index is 590. The Morgan fingerprint density at radius 3 is 2.76 bits per heavy atom. The third kappa shape index (κ3) is 3.81. The van der Waals surface area contributed by atoms with Crippen LogP contribution < -0.4 is 5.32 Å². The van der Waals surface area contributed by atoms with E-state index in [2.05, 4.69) is 22.2 Å². The van der Waals surface area contributed by atoms with Crippen molar-refractivity contribution in [2.45, 2.75) is 19.9 Å². The minimum absolute atomic E-state index is 0.111. The summed E-state index contributed by atoms with van der Waals surface area (Å²) in [5.74, 6) is 0.729. The molecule has 2 heterocycles. The average molecular weight is 287 g/mol. The quantitative estimate of drug-likeness (QED) is 0.881. The first-order chi connectivity index (χ1) is 10.1. The maximum absolute atomic E-state index is 12.3. The van der Waals surface area contributed by atoms with Crippen LogP contribution in [0.2, 0.25) is 0 Å². The van der Waals surface area contributed by atoms with E-state index in [4.69, 9.17) is 0 Å². The maximum atomic E-state index is 12.3. The third-order valence-corrected chi connectivity index (χ3v) is 3.21. The first-order valence-corrected chi connectivity index (χ1v) is 7.03. The summed E-state index contributed by atoms with van der Waals surface area (Å²) in [4.78, 5) is 22.4. The topological polar surface area (TPSA) is 63.1 Å². The van der Waals surface area contributed by atoms with Crippen LogP contribution in [0, 0.1) is 0 Å². The van der Waals surface area contributed by atoms with E-state index >= 15 is 0 Å². The number of pyridine rings is 1. The fourth-order valence-electron chi connectivity index (χ4n) is 1.92. The van der Waals surface area contributed by atoms with Gasteiger partial charge in [-0.05, 0) is 18.6 Å². The molecule has 6 nitrogen and oxygen atoms in total. The molecule has 0 saturated carbocycles. The van der Waals surface area contributed by atoms with Gasteiger partial charge in [0.1, 0.15) is 11.5 Å². The molecule has 6 heteroatoms. The lowest BCUT2D eigenvalue weighted by molar-refractivity contribution is 0.0775. The molecular formula is C15H21N5O. The molecule has 2 rings (SSSR count). The van der Waals surface area contributed by atoms with Gasteiger partial charge < -0.3 is 14.8 Å². The molecule has 0 saturated heterocycles. The van der Waals surface area contributed by atoms with Crippen LogP contribution in [0.1, 0.15) is 29.7 Å². The predicted molar refractivity (Wildman–Crippen MR) is 82.0 cm³/mol. The van der Waals surface area contributed by atoms with Gasteiger partial charge in [0.05, 0.1) is 18.4 Å². The molecule has 112 valence electrons. The van der Waals surface area contributed by atoms with Crippen molar-refractivity contribution >= 4 is 11.6 Å². The lowest BCUT2D eigenvalue weighted by Gasteiger charge is -2.16. The third-order valence-electron chi connectivity index (χ3n) is 3.21. The maximum Gasteiger partial charge on any atom is 0.272 e. The second-order valence-corrected chi connectivity index (χ2v) is 4.97. The van der Waals surface area contributed by atoms with Gasteiger partial charge in [-0.2, -0.15) is 0 Å². The second-order valence-electron chi connectivity index (χ2n) is 4.97. The van der Waals surface area contributed by atoms with Crippen LogP contribution in [0.5, 0.6) is 0 Å². The van der Waals surface area contributed by atoms with Crippen molar-refractivity contribution in [2.24, 2.45) is 7.05 Å². The van der Waals surface area contributed by atoms with Gasteiger partial charge in [0.15, 0.2) is 0 Å². The highest BCUT2D eigenvalue weighted by Gasteiger charge is 2.15. The Hall–Kier alpha value is -2.37. The summed E-state index contributed by atoms with van der Waals surface area (Å²) in [6, 6.07) is 3.62. The minimum Gasteiger partial charge on any atom is -0.384 e. The number of hydrogen-bond acceptors (Lipinski definition) is 4. The summed E-state index contributed by atoms with van der Waals surface area (Å²) in [6.45, 7) is 3.46. The number of imidazole rings is 1. The molecule has 1 N–H and O–H groups in total. The molecule has 0 aliphatic carbocycles. The number of carbonyl (C=O) groups is 1. The summed E-state index contributed by atoms with van der Waals surface area (Å²) in [6.07, 6.45) is 6.32. The minimum atomic E-state index is -0.111. The zero-order valence-electron chi connectivity index (χ0n) is 12.7. The van der Waals surface area contributed by atoms with Gasteiger partial charge in [0.25, 0.3) is 5.91 Å². The number of amides is 1. The van der Waals surface area contributed by atoms with Gasteiger partial charge in [-0.1, -0.05) is 6.92 Å². The van der Waals surface area contributed by atoms with Crippen LogP contribution in [0.3, 0.4) is 0 Å². The Labute approximate surface area is 124 Å². The Balaban J connectivity index is 2.00. The van der Waals surface area contributed by atoms with E-state index in [0.717, 1.165) is 24.5 Å². The summed E-state index contributed by atoms with van der Waals surface area (Å²) >= 11 is 0. The van der Waals surface area contributed by atoms with Crippen molar-refractivity contribution in [3.05, 3.63) is 42.2 Å². The molecule has 0 radical (unpaired) electrons. The molecular weight excluding hydrogens is 266 g/mol. The molecule has 2 aromatic rings. The van der Waals surface area contributed by atoms with Crippen molar-refractivity contribution in [1.82, 2.24) is 19.4 Å². The smallest absolute Gasteiger partial charge is 0.272 e. The van der Waals surface area contributed by atoms with Crippen LogP contribution in [0.15, 0.2) is 30.7 Å². The fraction of sp³-hybridized carbons (Fsp3) is 0.400. The number of hydrogen-bond donors (Lipinski definition) is 1. The summed E-state index contributed by atoms with van der Waals surface area (Å²) < 4.78 is 1.90. The zero-order valence-corrected chi connectivity index (χ0v) is 12.7. The Morgan fingerprint density at radius 2 is 2.19 bits per heavy atom. The van der Waals surface area contributed by atoms with E-state index in [0.29, 0.717) is 12.2 Å². The molecule has 0 atom stereocenters. The summed E-state index contributed by atoms with van der Waals surface area (Å²) in [5, 5.41) is 3.23. The summed E-state index contributed by atoms with van der Waals surface area (Å²) in [5.41, 5.74) is 1.37. The lowest BCUT2D eigenvalue weighted by Crippen LogP contribution is -2.28. The first kappa shape index (κ1) is 15.0. The Kier molecular flexibility index (Phi) is 4.92. The normalized spacial score (nSPS) is 10.4. The molecule has 0 spiro atoms. The van der Waals surface area contributed by atoms with E-state index < -0.39 is 0 Å². The number of nitrogens with zero attached hydrogens (tertiary/aromatic N) is 4. The molecule has 0 fully saturated rings. The highest BCUT2D eigenvalue weighted by atomic mass is 16.2. The van der Waals surface area contributed by atoms with Crippen LogP contribution in [-0.2, 0) is 13.6 Å². The van der Waals surface area contributed by atoms with Crippen molar-refractivity contribution < 1.29 is 4.79 Å². The number of aryl methyl sites for hydroxylation is 1. The first-order valence-electron chi connectivity index (χ1n) is 7.03. The Morgan fingerprint density at radius 1 is 1.38 bits per heavy atom. The van der Waals surface area contributed by atoms with Gasteiger partial charge >= 0.3 is 0 Å². The zero-order chi connectivity index (χ0) is 15.2. The van der Waals surface area contributed by atoms with Crippen molar-refractivity contribution in [1.29, 1.82) is 0 Å². The molecule has 0 unspecified atom stereocenters. The largest absolute Gasteiger partial charge is 0.384 e. The SMILES string of the molecule is CCCNc1ccc(C(=O)N(C)Cc2nccn2C)nc1.